The summed E-state index contributed by atoms with van der Waals surface area (Å²) >= 11 is 0. The summed E-state index contributed by atoms with van der Waals surface area (Å²) in [5, 5.41) is 3.99. The van der Waals surface area contributed by atoms with Gasteiger partial charge in [-0.1, -0.05) is 5.92 Å². The van der Waals surface area contributed by atoms with Gasteiger partial charge in [0.25, 0.3) is 5.91 Å². The summed E-state index contributed by atoms with van der Waals surface area (Å²) in [6.45, 7) is 0.383. The van der Waals surface area contributed by atoms with Crippen molar-refractivity contribution >= 4 is 5.91 Å². The molecule has 0 fully saturated rings. The molecule has 0 spiro atoms. The van der Waals surface area contributed by atoms with Crippen molar-refractivity contribution < 1.29 is 18.0 Å². The first kappa shape index (κ1) is 16.5. The minimum Gasteiger partial charge on any atom is -0.337 e. The molecule has 120 valence electrons. The van der Waals surface area contributed by atoms with Crippen molar-refractivity contribution in [2.75, 3.05) is 7.05 Å². The van der Waals surface area contributed by atoms with E-state index >= 15 is 0 Å². The van der Waals surface area contributed by atoms with Gasteiger partial charge in [0.1, 0.15) is 6.54 Å². The SMILES string of the molecule is C#CCn1cc(CN(C)C(=O)c2cccnc2C(F)(F)F)cn1. The zero-order chi connectivity index (χ0) is 17.0. The topological polar surface area (TPSA) is 51.0 Å². The van der Waals surface area contributed by atoms with E-state index in [0.29, 0.717) is 5.56 Å². The summed E-state index contributed by atoms with van der Waals surface area (Å²) in [7, 11) is 1.41. The van der Waals surface area contributed by atoms with Gasteiger partial charge in [0.05, 0.1) is 11.8 Å². The van der Waals surface area contributed by atoms with Crippen molar-refractivity contribution in [3.8, 4) is 12.3 Å². The zero-order valence-corrected chi connectivity index (χ0v) is 12.2. The van der Waals surface area contributed by atoms with E-state index in [0.717, 1.165) is 12.3 Å². The third-order valence-corrected chi connectivity index (χ3v) is 3.01. The van der Waals surface area contributed by atoms with E-state index in [1.807, 2.05) is 0 Å². The minimum atomic E-state index is -4.69. The maximum atomic E-state index is 12.9. The fourth-order valence-corrected chi connectivity index (χ4v) is 2.02. The Hall–Kier alpha value is -2.82. The van der Waals surface area contributed by atoms with Crippen LogP contribution in [0.15, 0.2) is 30.7 Å². The number of alkyl halides is 3. The van der Waals surface area contributed by atoms with Crippen LogP contribution in [0.1, 0.15) is 21.6 Å². The highest BCUT2D eigenvalue weighted by Gasteiger charge is 2.37. The second-order valence-corrected chi connectivity index (χ2v) is 4.81. The van der Waals surface area contributed by atoms with Crippen LogP contribution in [0.5, 0.6) is 0 Å². The lowest BCUT2D eigenvalue weighted by Crippen LogP contribution is -2.29. The zero-order valence-electron chi connectivity index (χ0n) is 12.2. The molecule has 5 nitrogen and oxygen atoms in total. The second kappa shape index (κ2) is 6.52. The van der Waals surface area contributed by atoms with Gasteiger partial charge in [-0.3, -0.25) is 14.5 Å². The summed E-state index contributed by atoms with van der Waals surface area (Å²) < 4.78 is 40.3. The summed E-state index contributed by atoms with van der Waals surface area (Å²) in [5.74, 6) is 1.64. The number of terminal acetylenes is 1. The van der Waals surface area contributed by atoms with Crippen LogP contribution in [0, 0.1) is 12.3 Å². The van der Waals surface area contributed by atoms with E-state index < -0.39 is 23.3 Å². The van der Waals surface area contributed by atoms with Gasteiger partial charge >= 0.3 is 6.18 Å². The van der Waals surface area contributed by atoms with E-state index in [-0.39, 0.29) is 13.1 Å². The lowest BCUT2D eigenvalue weighted by molar-refractivity contribution is -0.141. The number of aromatic nitrogens is 3. The summed E-state index contributed by atoms with van der Waals surface area (Å²) in [5.41, 5.74) is -1.02. The average molecular weight is 322 g/mol. The molecule has 1 amide bonds. The Morgan fingerprint density at radius 3 is 2.87 bits per heavy atom. The first-order valence-corrected chi connectivity index (χ1v) is 6.55. The van der Waals surface area contributed by atoms with Crippen molar-refractivity contribution in [2.45, 2.75) is 19.3 Å². The van der Waals surface area contributed by atoms with E-state index in [1.54, 1.807) is 6.20 Å². The van der Waals surface area contributed by atoms with Crippen LogP contribution in [0.2, 0.25) is 0 Å². The molecule has 23 heavy (non-hydrogen) atoms. The van der Waals surface area contributed by atoms with Crippen LogP contribution in [0.25, 0.3) is 0 Å². The lowest BCUT2D eigenvalue weighted by atomic mass is 10.1. The van der Waals surface area contributed by atoms with Gasteiger partial charge in [-0.2, -0.15) is 18.3 Å². The third kappa shape index (κ3) is 3.88. The summed E-state index contributed by atoms with van der Waals surface area (Å²) in [4.78, 5) is 16.7. The molecule has 0 aliphatic heterocycles. The molecule has 0 aliphatic carbocycles. The fourth-order valence-electron chi connectivity index (χ4n) is 2.02. The van der Waals surface area contributed by atoms with Gasteiger partial charge in [0.2, 0.25) is 0 Å². The van der Waals surface area contributed by atoms with Gasteiger partial charge in [0.15, 0.2) is 5.69 Å². The number of halogens is 3. The lowest BCUT2D eigenvalue weighted by Gasteiger charge is -2.18. The number of hydrogen-bond donors (Lipinski definition) is 0. The molecule has 0 saturated heterocycles. The highest BCUT2D eigenvalue weighted by Crippen LogP contribution is 2.30. The van der Waals surface area contributed by atoms with Crippen LogP contribution >= 0.6 is 0 Å². The molecule has 0 aromatic carbocycles. The molecule has 0 aliphatic rings. The van der Waals surface area contributed by atoms with Crippen LogP contribution in [0.4, 0.5) is 13.2 Å². The van der Waals surface area contributed by atoms with Crippen molar-refractivity contribution in [1.29, 1.82) is 0 Å². The average Bonchev–Trinajstić information content (AvgIpc) is 2.93. The van der Waals surface area contributed by atoms with E-state index in [4.69, 9.17) is 6.42 Å². The molecule has 0 atom stereocenters. The van der Waals surface area contributed by atoms with E-state index in [1.165, 1.54) is 28.9 Å². The molecule has 2 aromatic rings. The quantitative estimate of drug-likeness (QED) is 0.811. The highest BCUT2D eigenvalue weighted by molar-refractivity contribution is 5.95. The van der Waals surface area contributed by atoms with Crippen LogP contribution in [0.3, 0.4) is 0 Å². The molecule has 0 bridgehead atoms. The Balaban J connectivity index is 2.18. The van der Waals surface area contributed by atoms with Crippen molar-refractivity contribution in [3.63, 3.8) is 0 Å². The molecule has 0 radical (unpaired) electrons. The first-order valence-electron chi connectivity index (χ1n) is 6.55. The molecule has 8 heteroatoms. The van der Waals surface area contributed by atoms with Gasteiger partial charge in [-0.05, 0) is 12.1 Å². The molecule has 2 aromatic heterocycles. The second-order valence-electron chi connectivity index (χ2n) is 4.81. The number of nitrogens with zero attached hydrogens (tertiary/aromatic N) is 4. The van der Waals surface area contributed by atoms with Crippen LogP contribution in [-0.2, 0) is 19.3 Å². The number of rotatable bonds is 4. The number of carbonyl (C=O) groups excluding carboxylic acids is 1. The van der Waals surface area contributed by atoms with Crippen LogP contribution < -0.4 is 0 Å². The van der Waals surface area contributed by atoms with E-state index in [9.17, 15) is 18.0 Å². The molecular weight excluding hydrogens is 309 g/mol. The number of hydrogen-bond acceptors (Lipinski definition) is 3. The Bertz CT molecular complexity index is 746. The highest BCUT2D eigenvalue weighted by atomic mass is 19.4. The minimum absolute atomic E-state index is 0.107. The summed E-state index contributed by atoms with van der Waals surface area (Å²) in [6, 6.07) is 2.40. The predicted molar refractivity (Wildman–Crippen MR) is 76.1 cm³/mol. The third-order valence-electron chi connectivity index (χ3n) is 3.01. The maximum absolute atomic E-state index is 12.9. The molecule has 2 rings (SSSR count). The fraction of sp³-hybridized carbons (Fsp3) is 0.267. The van der Waals surface area contributed by atoms with Crippen molar-refractivity contribution in [3.05, 3.63) is 47.5 Å². The Morgan fingerprint density at radius 1 is 1.48 bits per heavy atom. The van der Waals surface area contributed by atoms with Gasteiger partial charge < -0.3 is 4.90 Å². The van der Waals surface area contributed by atoms with Crippen LogP contribution in [-0.4, -0.2) is 32.6 Å². The van der Waals surface area contributed by atoms with Gasteiger partial charge in [0, 0.05) is 31.5 Å². The molecule has 0 saturated carbocycles. The molecule has 0 N–H and O–H groups in total. The van der Waals surface area contributed by atoms with Gasteiger partial charge in [-0.15, -0.1) is 6.42 Å². The number of carbonyl (C=O) groups is 1. The normalized spacial score (nSPS) is 11.1. The summed E-state index contributed by atoms with van der Waals surface area (Å²) in [6.07, 6.45) is 4.62. The smallest absolute Gasteiger partial charge is 0.337 e. The Labute approximate surface area is 130 Å². The maximum Gasteiger partial charge on any atom is 0.434 e. The largest absolute Gasteiger partial charge is 0.434 e. The molecule has 0 unspecified atom stereocenters. The molecule has 2 heterocycles. The van der Waals surface area contributed by atoms with Gasteiger partial charge in [-0.25, -0.2) is 0 Å². The monoisotopic (exact) mass is 322 g/mol. The Kier molecular flexibility index (Phi) is 4.69. The first-order chi connectivity index (χ1) is 10.8. The van der Waals surface area contributed by atoms with E-state index in [2.05, 4.69) is 16.0 Å². The standard InChI is InChI=1S/C15H13F3N4O/c1-3-7-22-10-11(8-20-22)9-21(2)14(23)12-5-4-6-19-13(12)15(16,17)18/h1,4-6,8,10H,7,9H2,2H3. The molecular formula is C15H13F3N4O. The predicted octanol–water partition coefficient (Wildman–Crippen LogP) is 2.20. The number of pyridine rings is 1. The van der Waals surface area contributed by atoms with Crippen molar-refractivity contribution in [1.82, 2.24) is 19.7 Å². The van der Waals surface area contributed by atoms with Crippen molar-refractivity contribution in [2.24, 2.45) is 0 Å². The number of amides is 1. The Morgan fingerprint density at radius 2 is 2.22 bits per heavy atom.